The van der Waals surface area contributed by atoms with Gasteiger partial charge in [0.25, 0.3) is 0 Å². The fourth-order valence-corrected chi connectivity index (χ4v) is 2.15. The third-order valence-electron chi connectivity index (χ3n) is 2.38. The van der Waals surface area contributed by atoms with Crippen molar-refractivity contribution in [2.45, 2.75) is 11.8 Å². The molecule has 1 saturated heterocycles. The first-order valence-electron chi connectivity index (χ1n) is 4.58. The lowest BCUT2D eigenvalue weighted by atomic mass is 10.2. The number of halogens is 4. The highest BCUT2D eigenvalue weighted by Crippen LogP contribution is 2.33. The highest BCUT2D eigenvalue weighted by molar-refractivity contribution is 6.34. The summed E-state index contributed by atoms with van der Waals surface area (Å²) in [4.78, 5) is 12.8. The van der Waals surface area contributed by atoms with Crippen molar-refractivity contribution < 1.29 is 13.6 Å². The third-order valence-corrected chi connectivity index (χ3v) is 3.04. The fraction of sp³-hybridized carbons (Fsp3) is 0.300. The lowest BCUT2D eigenvalue weighted by molar-refractivity contribution is -0.117. The zero-order valence-electron chi connectivity index (χ0n) is 8.01. The molecule has 1 atom stereocenters. The number of anilines is 1. The Morgan fingerprint density at radius 1 is 1.38 bits per heavy atom. The SMILES string of the molecule is O=C1CC(Cl)CN1c1ccc(F)c(F)c1Cl. The summed E-state index contributed by atoms with van der Waals surface area (Å²) < 4.78 is 26.0. The Morgan fingerprint density at radius 2 is 2.06 bits per heavy atom. The van der Waals surface area contributed by atoms with Crippen molar-refractivity contribution in [3.63, 3.8) is 0 Å². The summed E-state index contributed by atoms with van der Waals surface area (Å²) in [7, 11) is 0. The second kappa shape index (κ2) is 4.18. The number of hydrogen-bond acceptors (Lipinski definition) is 1. The van der Waals surface area contributed by atoms with Crippen LogP contribution in [0.4, 0.5) is 14.5 Å². The highest BCUT2D eigenvalue weighted by atomic mass is 35.5. The summed E-state index contributed by atoms with van der Waals surface area (Å²) in [6.45, 7) is 0.255. The number of alkyl halides is 1. The number of rotatable bonds is 1. The van der Waals surface area contributed by atoms with E-state index in [1.54, 1.807) is 0 Å². The topological polar surface area (TPSA) is 20.3 Å². The van der Waals surface area contributed by atoms with E-state index in [4.69, 9.17) is 23.2 Å². The van der Waals surface area contributed by atoms with Crippen LogP contribution in [0.1, 0.15) is 6.42 Å². The first kappa shape index (κ1) is 11.6. The van der Waals surface area contributed by atoms with Gasteiger partial charge in [-0.15, -0.1) is 11.6 Å². The standard InChI is InChI=1S/C10H7Cl2F2NO/c11-5-3-8(16)15(4-5)7-2-1-6(13)10(14)9(7)12/h1-2,5H,3-4H2. The van der Waals surface area contributed by atoms with Crippen LogP contribution < -0.4 is 4.90 Å². The average molecular weight is 266 g/mol. The third kappa shape index (κ3) is 1.87. The fourth-order valence-electron chi connectivity index (χ4n) is 1.62. The molecule has 1 aliphatic heterocycles. The van der Waals surface area contributed by atoms with Gasteiger partial charge in [-0.05, 0) is 12.1 Å². The van der Waals surface area contributed by atoms with Crippen LogP contribution in [0, 0.1) is 11.6 Å². The van der Waals surface area contributed by atoms with Crippen molar-refractivity contribution in [2.24, 2.45) is 0 Å². The zero-order chi connectivity index (χ0) is 11.9. The first-order valence-corrected chi connectivity index (χ1v) is 5.40. The van der Waals surface area contributed by atoms with E-state index in [0.717, 1.165) is 6.07 Å². The quantitative estimate of drug-likeness (QED) is 0.565. The van der Waals surface area contributed by atoms with Gasteiger partial charge in [0.15, 0.2) is 11.6 Å². The molecule has 1 aromatic carbocycles. The molecule has 0 bridgehead atoms. The molecule has 1 aliphatic rings. The number of benzene rings is 1. The number of hydrogen-bond donors (Lipinski definition) is 0. The Labute approximate surface area is 101 Å². The van der Waals surface area contributed by atoms with Crippen molar-refractivity contribution in [2.75, 3.05) is 11.4 Å². The van der Waals surface area contributed by atoms with Gasteiger partial charge < -0.3 is 4.90 Å². The molecule has 0 radical (unpaired) electrons. The smallest absolute Gasteiger partial charge is 0.228 e. The van der Waals surface area contributed by atoms with E-state index in [2.05, 4.69) is 0 Å². The minimum Gasteiger partial charge on any atom is -0.309 e. The molecule has 6 heteroatoms. The molecule has 1 fully saturated rings. The Kier molecular flexibility index (Phi) is 3.04. The van der Waals surface area contributed by atoms with Crippen molar-refractivity contribution >= 4 is 34.8 Å². The Hall–Kier alpha value is -0.870. The number of carbonyl (C=O) groups excluding carboxylic acids is 1. The molecule has 2 nitrogen and oxygen atoms in total. The van der Waals surface area contributed by atoms with Crippen molar-refractivity contribution in [1.29, 1.82) is 0 Å². The molecule has 0 spiro atoms. The predicted octanol–water partition coefficient (Wildman–Crippen LogP) is 2.96. The molecule has 1 heterocycles. The van der Waals surface area contributed by atoms with E-state index >= 15 is 0 Å². The molecule has 2 rings (SSSR count). The molecule has 1 amide bonds. The largest absolute Gasteiger partial charge is 0.309 e. The van der Waals surface area contributed by atoms with Crippen LogP contribution in [-0.2, 0) is 4.79 Å². The van der Waals surface area contributed by atoms with Crippen LogP contribution in [0.2, 0.25) is 5.02 Å². The summed E-state index contributed by atoms with van der Waals surface area (Å²) in [6, 6.07) is 2.21. The average Bonchev–Trinajstić information content (AvgIpc) is 2.55. The molecule has 86 valence electrons. The second-order valence-corrected chi connectivity index (χ2v) is 4.50. The minimum atomic E-state index is -1.15. The molecule has 1 unspecified atom stereocenters. The maximum Gasteiger partial charge on any atom is 0.228 e. The Morgan fingerprint density at radius 3 is 2.62 bits per heavy atom. The number of carbonyl (C=O) groups is 1. The first-order chi connectivity index (χ1) is 7.50. The van der Waals surface area contributed by atoms with E-state index in [9.17, 15) is 13.6 Å². The van der Waals surface area contributed by atoms with E-state index in [1.807, 2.05) is 0 Å². The van der Waals surface area contributed by atoms with E-state index < -0.39 is 11.6 Å². The van der Waals surface area contributed by atoms with Crippen molar-refractivity contribution in [1.82, 2.24) is 0 Å². The van der Waals surface area contributed by atoms with Gasteiger partial charge in [-0.3, -0.25) is 4.79 Å². The van der Waals surface area contributed by atoms with Crippen LogP contribution in [-0.4, -0.2) is 17.8 Å². The van der Waals surface area contributed by atoms with Gasteiger partial charge in [0.2, 0.25) is 5.91 Å². The Balaban J connectivity index is 2.42. The van der Waals surface area contributed by atoms with E-state index in [0.29, 0.717) is 0 Å². The highest BCUT2D eigenvalue weighted by Gasteiger charge is 2.31. The van der Waals surface area contributed by atoms with Gasteiger partial charge in [0.1, 0.15) is 5.02 Å². The molecule has 0 N–H and O–H groups in total. The van der Waals surface area contributed by atoms with E-state index in [1.165, 1.54) is 11.0 Å². The molecule has 16 heavy (non-hydrogen) atoms. The van der Waals surface area contributed by atoms with Crippen molar-refractivity contribution in [3.05, 3.63) is 28.8 Å². The number of amides is 1. The van der Waals surface area contributed by atoms with Gasteiger partial charge in [0.05, 0.1) is 11.1 Å². The van der Waals surface area contributed by atoms with Crippen LogP contribution >= 0.6 is 23.2 Å². The van der Waals surface area contributed by atoms with Gasteiger partial charge >= 0.3 is 0 Å². The minimum absolute atomic E-state index is 0.161. The summed E-state index contributed by atoms with van der Waals surface area (Å²) in [5, 5.41) is -0.712. The second-order valence-electron chi connectivity index (χ2n) is 3.50. The summed E-state index contributed by atoms with van der Waals surface area (Å²) >= 11 is 11.4. The molecule has 0 saturated carbocycles. The molecular formula is C10H7Cl2F2NO. The molecular weight excluding hydrogens is 259 g/mol. The van der Waals surface area contributed by atoms with Gasteiger partial charge in [0, 0.05) is 13.0 Å². The monoisotopic (exact) mass is 265 g/mol. The van der Waals surface area contributed by atoms with Crippen LogP contribution in [0.5, 0.6) is 0 Å². The predicted molar refractivity (Wildman–Crippen MR) is 58.0 cm³/mol. The lowest BCUT2D eigenvalue weighted by Crippen LogP contribution is -2.25. The maximum absolute atomic E-state index is 13.2. The number of nitrogens with zero attached hydrogens (tertiary/aromatic N) is 1. The van der Waals surface area contributed by atoms with Crippen LogP contribution in [0.25, 0.3) is 0 Å². The van der Waals surface area contributed by atoms with Crippen molar-refractivity contribution in [3.8, 4) is 0 Å². The molecule has 0 aromatic heterocycles. The molecule has 1 aromatic rings. The van der Waals surface area contributed by atoms with Gasteiger partial charge in [-0.1, -0.05) is 11.6 Å². The maximum atomic E-state index is 13.2. The molecule has 0 aliphatic carbocycles. The zero-order valence-corrected chi connectivity index (χ0v) is 9.53. The van der Waals surface area contributed by atoms with Crippen LogP contribution in [0.3, 0.4) is 0 Å². The van der Waals surface area contributed by atoms with Crippen LogP contribution in [0.15, 0.2) is 12.1 Å². The summed E-state index contributed by atoms with van der Waals surface area (Å²) in [5.41, 5.74) is 0.161. The normalized spacial score (nSPS) is 20.6. The van der Waals surface area contributed by atoms with E-state index in [-0.39, 0.29) is 35.0 Å². The van der Waals surface area contributed by atoms with Gasteiger partial charge in [-0.25, -0.2) is 8.78 Å². The lowest BCUT2D eigenvalue weighted by Gasteiger charge is -2.17. The Bertz CT molecular complexity index is 453. The van der Waals surface area contributed by atoms with Gasteiger partial charge in [-0.2, -0.15) is 0 Å². The summed E-state index contributed by atoms with van der Waals surface area (Å²) in [6.07, 6.45) is 0.177. The summed E-state index contributed by atoms with van der Waals surface area (Å²) in [5.74, 6) is -2.43.